The first-order chi connectivity index (χ1) is 14.9. The van der Waals surface area contributed by atoms with Crippen LogP contribution in [0.25, 0.3) is 10.2 Å². The Hall–Kier alpha value is -3.62. The van der Waals surface area contributed by atoms with Crippen LogP contribution in [0.15, 0.2) is 76.6 Å². The van der Waals surface area contributed by atoms with E-state index in [1.165, 1.54) is 40.7 Å². The number of carbonyl (C=O) groups is 2. The highest BCUT2D eigenvalue weighted by molar-refractivity contribution is 7.22. The van der Waals surface area contributed by atoms with Crippen molar-refractivity contribution in [3.05, 3.63) is 88.5 Å². The number of rotatable bonds is 4. The Labute approximate surface area is 184 Å². The molecule has 0 saturated heterocycles. The van der Waals surface area contributed by atoms with E-state index < -0.39 is 23.5 Å². The summed E-state index contributed by atoms with van der Waals surface area (Å²) in [4.78, 5) is 32.0. The lowest BCUT2D eigenvalue weighted by molar-refractivity contribution is -0.117. The molecule has 154 valence electrons. The standard InChI is InChI=1S/C22H13ClN2O5S/c23-12-5-8-14-16(10-12)31-22(24-14)25-18(11-3-6-13(26)7-4-11)17(20(28)21(25)29)19(27)15-2-1-9-30-15/h1-10,18,26,28H. The van der Waals surface area contributed by atoms with Gasteiger partial charge in [-0.25, -0.2) is 4.98 Å². The van der Waals surface area contributed by atoms with E-state index in [2.05, 4.69) is 4.98 Å². The summed E-state index contributed by atoms with van der Waals surface area (Å²) >= 11 is 7.29. The maximum atomic E-state index is 13.1. The van der Waals surface area contributed by atoms with Gasteiger partial charge in [0.05, 0.1) is 28.1 Å². The van der Waals surface area contributed by atoms with Gasteiger partial charge in [-0.05, 0) is 48.0 Å². The van der Waals surface area contributed by atoms with Crippen LogP contribution in [0.1, 0.15) is 22.2 Å². The average molecular weight is 453 g/mol. The Bertz CT molecular complexity index is 1360. The molecular weight excluding hydrogens is 440 g/mol. The fourth-order valence-corrected chi connectivity index (χ4v) is 4.80. The molecule has 31 heavy (non-hydrogen) atoms. The predicted octanol–water partition coefficient (Wildman–Crippen LogP) is 5.03. The summed E-state index contributed by atoms with van der Waals surface area (Å²) < 4.78 is 5.96. The molecule has 0 fully saturated rings. The van der Waals surface area contributed by atoms with Gasteiger partial charge in [0.25, 0.3) is 5.91 Å². The van der Waals surface area contributed by atoms with E-state index in [0.717, 1.165) is 4.70 Å². The highest BCUT2D eigenvalue weighted by atomic mass is 35.5. The number of aliphatic hydroxyl groups is 1. The largest absolute Gasteiger partial charge is 0.508 e. The maximum absolute atomic E-state index is 13.1. The van der Waals surface area contributed by atoms with Crippen LogP contribution in [0, 0.1) is 0 Å². The van der Waals surface area contributed by atoms with Crippen molar-refractivity contribution in [2.45, 2.75) is 6.04 Å². The number of benzene rings is 2. The molecule has 0 aliphatic carbocycles. The van der Waals surface area contributed by atoms with Gasteiger partial charge in [-0.3, -0.25) is 14.5 Å². The van der Waals surface area contributed by atoms with Crippen molar-refractivity contribution >= 4 is 50.0 Å². The summed E-state index contributed by atoms with van der Waals surface area (Å²) in [5, 5.41) is 21.2. The summed E-state index contributed by atoms with van der Waals surface area (Å²) in [5.41, 5.74) is 1.03. The molecule has 7 nitrogen and oxygen atoms in total. The first-order valence-electron chi connectivity index (χ1n) is 9.14. The van der Waals surface area contributed by atoms with Crippen molar-refractivity contribution in [1.29, 1.82) is 0 Å². The van der Waals surface area contributed by atoms with E-state index in [9.17, 15) is 19.8 Å². The molecule has 2 N–H and O–H groups in total. The molecule has 9 heteroatoms. The number of aromatic nitrogens is 1. The third-order valence-electron chi connectivity index (χ3n) is 4.95. The molecule has 1 aliphatic heterocycles. The van der Waals surface area contributed by atoms with Gasteiger partial charge in [-0.2, -0.15) is 0 Å². The number of anilines is 1. The molecule has 1 aliphatic rings. The van der Waals surface area contributed by atoms with Crippen LogP contribution >= 0.6 is 22.9 Å². The van der Waals surface area contributed by atoms with Crippen LogP contribution in [-0.2, 0) is 4.79 Å². The number of halogens is 1. The van der Waals surface area contributed by atoms with Crippen LogP contribution < -0.4 is 4.90 Å². The van der Waals surface area contributed by atoms with Gasteiger partial charge >= 0.3 is 0 Å². The summed E-state index contributed by atoms with van der Waals surface area (Å²) in [6.45, 7) is 0. The Morgan fingerprint density at radius 3 is 2.61 bits per heavy atom. The molecule has 1 atom stereocenters. The number of nitrogens with zero attached hydrogens (tertiary/aromatic N) is 2. The predicted molar refractivity (Wildman–Crippen MR) is 116 cm³/mol. The number of phenols is 1. The first-order valence-corrected chi connectivity index (χ1v) is 10.3. The lowest BCUT2D eigenvalue weighted by Gasteiger charge is -2.24. The average Bonchev–Trinajstić information content (AvgIpc) is 3.47. The van der Waals surface area contributed by atoms with Crippen LogP contribution in [-0.4, -0.2) is 26.9 Å². The second-order valence-corrected chi connectivity index (χ2v) is 8.29. The first kappa shape index (κ1) is 19.3. The van der Waals surface area contributed by atoms with Gasteiger partial charge in [-0.15, -0.1) is 0 Å². The Morgan fingerprint density at radius 2 is 1.90 bits per heavy atom. The molecule has 0 bridgehead atoms. The summed E-state index contributed by atoms with van der Waals surface area (Å²) in [6, 6.07) is 13.3. The maximum Gasteiger partial charge on any atom is 0.296 e. The van der Waals surface area contributed by atoms with Gasteiger partial charge in [0.15, 0.2) is 16.7 Å². The highest BCUT2D eigenvalue weighted by Crippen LogP contribution is 2.44. The third kappa shape index (κ3) is 3.17. The quantitative estimate of drug-likeness (QED) is 0.421. The fourth-order valence-electron chi connectivity index (χ4n) is 3.54. The molecular formula is C22H13ClN2O5S. The molecule has 0 spiro atoms. The van der Waals surface area contributed by atoms with Crippen molar-refractivity contribution in [3.63, 3.8) is 0 Å². The van der Waals surface area contributed by atoms with Crippen LogP contribution in [0.4, 0.5) is 5.13 Å². The Balaban J connectivity index is 1.68. The normalized spacial score (nSPS) is 16.5. The zero-order chi connectivity index (χ0) is 21.7. The number of phenolic OH excluding ortho intramolecular Hbond substituents is 1. The molecule has 0 saturated carbocycles. The van der Waals surface area contributed by atoms with Crippen molar-refractivity contribution < 1.29 is 24.2 Å². The molecule has 4 aromatic rings. The van der Waals surface area contributed by atoms with Gasteiger partial charge in [0, 0.05) is 5.02 Å². The molecule has 5 rings (SSSR count). The monoisotopic (exact) mass is 452 g/mol. The number of fused-ring (bicyclic) bond motifs is 1. The van der Waals surface area contributed by atoms with E-state index in [1.54, 1.807) is 36.4 Å². The molecule has 2 aromatic heterocycles. The number of aromatic hydroxyl groups is 1. The number of ketones is 1. The second kappa shape index (κ2) is 7.26. The van der Waals surface area contributed by atoms with Gasteiger partial charge in [0.2, 0.25) is 5.78 Å². The fraction of sp³-hybridized carbons (Fsp3) is 0.0455. The zero-order valence-corrected chi connectivity index (χ0v) is 17.2. The summed E-state index contributed by atoms with van der Waals surface area (Å²) in [7, 11) is 0. The van der Waals surface area contributed by atoms with Crippen LogP contribution in [0.5, 0.6) is 5.75 Å². The van der Waals surface area contributed by atoms with Gasteiger partial charge < -0.3 is 14.6 Å². The number of carbonyl (C=O) groups excluding carboxylic acids is 2. The zero-order valence-electron chi connectivity index (χ0n) is 15.7. The minimum atomic E-state index is -0.957. The molecule has 1 amide bonds. The number of hydrogen-bond acceptors (Lipinski definition) is 7. The second-order valence-electron chi connectivity index (χ2n) is 6.85. The van der Waals surface area contributed by atoms with E-state index in [1.807, 2.05) is 0 Å². The van der Waals surface area contributed by atoms with E-state index in [-0.39, 0.29) is 17.1 Å². The van der Waals surface area contributed by atoms with Crippen molar-refractivity contribution in [2.24, 2.45) is 0 Å². The highest BCUT2D eigenvalue weighted by Gasteiger charge is 2.46. The lowest BCUT2D eigenvalue weighted by atomic mass is 9.95. The SMILES string of the molecule is O=C(C1=C(O)C(=O)N(c2nc3ccc(Cl)cc3s2)C1c1ccc(O)cc1)c1ccco1. The summed E-state index contributed by atoms with van der Waals surface area (Å²) in [6.07, 6.45) is 1.34. The number of aliphatic hydroxyl groups excluding tert-OH is 1. The van der Waals surface area contributed by atoms with Crippen LogP contribution in [0.3, 0.4) is 0 Å². The topological polar surface area (TPSA) is 104 Å². The van der Waals surface area contributed by atoms with Gasteiger partial charge in [0.1, 0.15) is 5.75 Å². The van der Waals surface area contributed by atoms with Crippen LogP contribution in [0.2, 0.25) is 5.02 Å². The number of amides is 1. The Morgan fingerprint density at radius 1 is 1.13 bits per heavy atom. The molecule has 0 radical (unpaired) electrons. The molecule has 2 aromatic carbocycles. The van der Waals surface area contributed by atoms with Gasteiger partial charge in [-0.1, -0.05) is 35.1 Å². The van der Waals surface area contributed by atoms with Crippen molar-refractivity contribution in [2.75, 3.05) is 4.90 Å². The number of thiazole rings is 1. The number of furan rings is 1. The Kier molecular flexibility index (Phi) is 4.53. The lowest BCUT2D eigenvalue weighted by Crippen LogP contribution is -2.30. The molecule has 3 heterocycles. The smallest absolute Gasteiger partial charge is 0.296 e. The van der Waals surface area contributed by atoms with Crippen molar-refractivity contribution in [3.8, 4) is 5.75 Å². The van der Waals surface area contributed by atoms with E-state index in [4.69, 9.17) is 16.0 Å². The molecule has 1 unspecified atom stereocenters. The number of Topliss-reactive ketones (excluding diaryl/α,β-unsaturated/α-hetero) is 1. The summed E-state index contributed by atoms with van der Waals surface area (Å²) in [5.74, 6) is -2.01. The number of hydrogen-bond donors (Lipinski definition) is 2. The van der Waals surface area contributed by atoms with E-state index >= 15 is 0 Å². The minimum Gasteiger partial charge on any atom is -0.508 e. The minimum absolute atomic E-state index is 0.00365. The van der Waals surface area contributed by atoms with E-state index in [0.29, 0.717) is 21.2 Å². The third-order valence-corrected chi connectivity index (χ3v) is 6.20. The van der Waals surface area contributed by atoms with Crippen molar-refractivity contribution in [1.82, 2.24) is 4.98 Å².